The second kappa shape index (κ2) is 5.10. The third-order valence-corrected chi connectivity index (χ3v) is 2.48. The molecule has 14 heavy (non-hydrogen) atoms. The van der Waals surface area contributed by atoms with Crippen molar-refractivity contribution in [2.75, 3.05) is 19.6 Å². The van der Waals surface area contributed by atoms with Gasteiger partial charge in [0.2, 0.25) is 5.91 Å². The summed E-state index contributed by atoms with van der Waals surface area (Å²) in [6, 6.07) is -0.354. The first-order valence-corrected chi connectivity index (χ1v) is 5.12. The minimum absolute atomic E-state index is 0.0992. The molecule has 1 N–H and O–H groups in total. The molecule has 0 aliphatic carbocycles. The maximum Gasteiger partial charge on any atom is 0.217 e. The fraction of sp³-hybridized carbons (Fsp3) is 0.800. The summed E-state index contributed by atoms with van der Waals surface area (Å²) in [6.45, 7) is 5.66. The molecule has 0 bridgehead atoms. The molecule has 1 saturated heterocycles. The van der Waals surface area contributed by atoms with E-state index in [1.54, 1.807) is 6.92 Å². The molecule has 1 rings (SSSR count). The Labute approximate surface area is 84.7 Å². The quantitative estimate of drug-likeness (QED) is 0.701. The van der Waals surface area contributed by atoms with E-state index in [1.165, 1.54) is 19.8 Å². The first-order valence-electron chi connectivity index (χ1n) is 5.12. The van der Waals surface area contributed by atoms with Crippen molar-refractivity contribution >= 4 is 11.7 Å². The van der Waals surface area contributed by atoms with Gasteiger partial charge in [0, 0.05) is 6.92 Å². The number of likely N-dealkylation sites (tertiary alicyclic amines) is 1. The summed E-state index contributed by atoms with van der Waals surface area (Å²) in [7, 11) is 0. The number of ketones is 1. The van der Waals surface area contributed by atoms with Crippen LogP contribution in [0.5, 0.6) is 0 Å². The van der Waals surface area contributed by atoms with E-state index in [1.807, 2.05) is 0 Å². The van der Waals surface area contributed by atoms with Crippen molar-refractivity contribution in [3.63, 3.8) is 0 Å². The van der Waals surface area contributed by atoms with Crippen LogP contribution in [-0.4, -0.2) is 42.3 Å². The number of Topliss-reactive ketones (excluding diaryl/α,β-unsaturated/α-hetero) is 1. The summed E-state index contributed by atoms with van der Waals surface area (Å²) in [5.74, 6) is -0.0469. The van der Waals surface area contributed by atoms with Crippen molar-refractivity contribution in [3.8, 4) is 0 Å². The summed E-state index contributed by atoms with van der Waals surface area (Å²) < 4.78 is 0. The molecule has 0 aromatic heterocycles. The zero-order valence-corrected chi connectivity index (χ0v) is 8.88. The molecule has 1 aliphatic rings. The van der Waals surface area contributed by atoms with Gasteiger partial charge in [0.05, 0.1) is 12.6 Å². The highest BCUT2D eigenvalue weighted by molar-refractivity contribution is 5.89. The maximum absolute atomic E-state index is 11.6. The summed E-state index contributed by atoms with van der Waals surface area (Å²) in [5, 5.41) is 2.60. The van der Waals surface area contributed by atoms with Gasteiger partial charge in [-0.15, -0.1) is 0 Å². The van der Waals surface area contributed by atoms with Crippen molar-refractivity contribution in [3.05, 3.63) is 0 Å². The number of amides is 1. The van der Waals surface area contributed by atoms with Crippen LogP contribution >= 0.6 is 0 Å². The molecular formula is C10H18N2O2. The zero-order chi connectivity index (χ0) is 10.6. The third-order valence-electron chi connectivity index (χ3n) is 2.48. The Hall–Kier alpha value is -0.900. The molecule has 1 heterocycles. The topological polar surface area (TPSA) is 49.4 Å². The lowest BCUT2D eigenvalue weighted by molar-refractivity contribution is -0.126. The molecule has 0 unspecified atom stereocenters. The number of hydrogen-bond acceptors (Lipinski definition) is 3. The number of carbonyl (C=O) groups excluding carboxylic acids is 2. The number of hydrogen-bond donors (Lipinski definition) is 1. The second-order valence-corrected chi connectivity index (χ2v) is 3.87. The molecule has 80 valence electrons. The molecule has 0 aromatic rings. The van der Waals surface area contributed by atoms with Crippen LogP contribution in [0.15, 0.2) is 0 Å². The minimum atomic E-state index is -0.354. The Morgan fingerprint density at radius 3 is 2.43 bits per heavy atom. The monoisotopic (exact) mass is 198 g/mol. The molecule has 0 saturated carbocycles. The lowest BCUT2D eigenvalue weighted by Gasteiger charge is -2.17. The van der Waals surface area contributed by atoms with E-state index in [0.29, 0.717) is 6.54 Å². The Morgan fingerprint density at radius 1 is 1.36 bits per heavy atom. The Balaban J connectivity index is 2.29. The van der Waals surface area contributed by atoms with E-state index in [9.17, 15) is 9.59 Å². The molecule has 1 amide bonds. The van der Waals surface area contributed by atoms with E-state index in [2.05, 4.69) is 10.2 Å². The Bertz CT molecular complexity index is 222. The summed E-state index contributed by atoms with van der Waals surface area (Å²) in [4.78, 5) is 24.4. The average Bonchev–Trinajstić information content (AvgIpc) is 2.55. The SMILES string of the molecule is CC(=O)N[C@@H](C)C(=O)CN1CCCC1. The van der Waals surface area contributed by atoms with E-state index >= 15 is 0 Å². The van der Waals surface area contributed by atoms with Gasteiger partial charge < -0.3 is 5.32 Å². The highest BCUT2D eigenvalue weighted by Gasteiger charge is 2.19. The normalized spacial score (nSPS) is 19.3. The molecule has 1 aliphatic heterocycles. The van der Waals surface area contributed by atoms with Gasteiger partial charge in [-0.2, -0.15) is 0 Å². The summed E-state index contributed by atoms with van der Waals surface area (Å²) in [6.07, 6.45) is 2.36. The lowest BCUT2D eigenvalue weighted by Crippen LogP contribution is -2.42. The van der Waals surface area contributed by atoms with Crippen molar-refractivity contribution in [2.45, 2.75) is 32.7 Å². The molecule has 0 aromatic carbocycles. The largest absolute Gasteiger partial charge is 0.347 e. The number of nitrogens with one attached hydrogen (secondary N) is 1. The van der Waals surface area contributed by atoms with Gasteiger partial charge in [-0.1, -0.05) is 0 Å². The molecule has 4 nitrogen and oxygen atoms in total. The van der Waals surface area contributed by atoms with Crippen LogP contribution in [0.2, 0.25) is 0 Å². The standard InChI is InChI=1S/C10H18N2O2/c1-8(11-9(2)13)10(14)7-12-5-3-4-6-12/h8H,3-7H2,1-2H3,(H,11,13)/t8-/m0/s1. The number of nitrogens with zero attached hydrogens (tertiary/aromatic N) is 1. The fourth-order valence-electron chi connectivity index (χ4n) is 1.68. The summed E-state index contributed by atoms with van der Waals surface area (Å²) in [5.41, 5.74) is 0. The fourth-order valence-corrected chi connectivity index (χ4v) is 1.68. The van der Waals surface area contributed by atoms with Crippen molar-refractivity contribution in [1.29, 1.82) is 0 Å². The van der Waals surface area contributed by atoms with Crippen LogP contribution in [0.1, 0.15) is 26.7 Å². The molecule has 1 atom stereocenters. The van der Waals surface area contributed by atoms with Gasteiger partial charge in [-0.25, -0.2) is 0 Å². The Morgan fingerprint density at radius 2 is 1.93 bits per heavy atom. The van der Waals surface area contributed by atoms with Crippen LogP contribution < -0.4 is 5.32 Å². The highest BCUT2D eigenvalue weighted by Crippen LogP contribution is 2.06. The Kier molecular flexibility index (Phi) is 4.07. The number of rotatable bonds is 4. The first kappa shape index (κ1) is 11.2. The van der Waals surface area contributed by atoms with E-state index < -0.39 is 0 Å². The molecule has 0 spiro atoms. The van der Waals surface area contributed by atoms with Gasteiger partial charge in [-0.3, -0.25) is 14.5 Å². The van der Waals surface area contributed by atoms with Crippen LogP contribution in [0.3, 0.4) is 0 Å². The van der Waals surface area contributed by atoms with Crippen molar-refractivity contribution < 1.29 is 9.59 Å². The van der Waals surface area contributed by atoms with Gasteiger partial charge in [0.25, 0.3) is 0 Å². The molecule has 4 heteroatoms. The lowest BCUT2D eigenvalue weighted by atomic mass is 10.2. The van der Waals surface area contributed by atoms with Gasteiger partial charge in [0.15, 0.2) is 5.78 Å². The number of carbonyl (C=O) groups is 2. The van der Waals surface area contributed by atoms with E-state index in [0.717, 1.165) is 13.1 Å². The predicted molar refractivity (Wildman–Crippen MR) is 54.0 cm³/mol. The first-order chi connectivity index (χ1) is 6.59. The third kappa shape index (κ3) is 3.46. The van der Waals surface area contributed by atoms with Gasteiger partial charge in [0.1, 0.15) is 0 Å². The zero-order valence-electron chi connectivity index (χ0n) is 8.88. The average molecular weight is 198 g/mol. The predicted octanol–water partition coefficient (Wildman–Crippen LogP) is 0.176. The molecular weight excluding hydrogens is 180 g/mol. The van der Waals surface area contributed by atoms with Crippen LogP contribution in [-0.2, 0) is 9.59 Å². The van der Waals surface area contributed by atoms with Crippen LogP contribution in [0.25, 0.3) is 0 Å². The highest BCUT2D eigenvalue weighted by atomic mass is 16.2. The van der Waals surface area contributed by atoms with E-state index in [4.69, 9.17) is 0 Å². The smallest absolute Gasteiger partial charge is 0.217 e. The minimum Gasteiger partial charge on any atom is -0.347 e. The van der Waals surface area contributed by atoms with Crippen molar-refractivity contribution in [2.24, 2.45) is 0 Å². The second-order valence-electron chi connectivity index (χ2n) is 3.87. The van der Waals surface area contributed by atoms with Crippen molar-refractivity contribution in [1.82, 2.24) is 10.2 Å². The van der Waals surface area contributed by atoms with Crippen LogP contribution in [0, 0.1) is 0 Å². The summed E-state index contributed by atoms with van der Waals surface area (Å²) >= 11 is 0. The van der Waals surface area contributed by atoms with Crippen LogP contribution in [0.4, 0.5) is 0 Å². The van der Waals surface area contributed by atoms with Gasteiger partial charge in [-0.05, 0) is 32.9 Å². The molecule has 1 fully saturated rings. The van der Waals surface area contributed by atoms with Gasteiger partial charge >= 0.3 is 0 Å². The van der Waals surface area contributed by atoms with E-state index in [-0.39, 0.29) is 17.7 Å². The molecule has 0 radical (unpaired) electrons. The maximum atomic E-state index is 11.6.